The number of rotatable bonds is 5. The van der Waals surface area contributed by atoms with Gasteiger partial charge in [-0.15, -0.1) is 5.10 Å². The standard InChI is InChI=1S/C11H9N3O4S/c15-10(16)6-18-8-4-2-1-3-7(8)13-11(17)9-5-12-14-19-9/h1-5H,6H2,(H,13,17)(H,15,16). The fraction of sp³-hybridized carbons (Fsp3) is 0.0909. The van der Waals surface area contributed by atoms with Crippen LogP contribution in [-0.2, 0) is 4.79 Å². The first kappa shape index (κ1) is 13.0. The number of nitrogens with one attached hydrogen (secondary N) is 1. The highest BCUT2D eigenvalue weighted by Crippen LogP contribution is 2.24. The number of aromatic nitrogens is 2. The third-order valence-corrected chi connectivity index (χ3v) is 2.73. The van der Waals surface area contributed by atoms with Crippen molar-refractivity contribution in [3.63, 3.8) is 0 Å². The van der Waals surface area contributed by atoms with Crippen molar-refractivity contribution in [2.24, 2.45) is 0 Å². The predicted octanol–water partition coefficient (Wildman–Crippen LogP) is 1.25. The number of carboxylic acid groups (broad SMARTS) is 1. The molecule has 1 heterocycles. The van der Waals surface area contributed by atoms with E-state index in [0.29, 0.717) is 10.6 Å². The van der Waals surface area contributed by atoms with Gasteiger partial charge in [-0.1, -0.05) is 16.6 Å². The van der Waals surface area contributed by atoms with Crippen LogP contribution in [0.1, 0.15) is 9.67 Å². The van der Waals surface area contributed by atoms with E-state index in [0.717, 1.165) is 11.5 Å². The van der Waals surface area contributed by atoms with Crippen LogP contribution in [0, 0.1) is 0 Å². The van der Waals surface area contributed by atoms with Crippen LogP contribution >= 0.6 is 11.5 Å². The van der Waals surface area contributed by atoms with Gasteiger partial charge in [-0.25, -0.2) is 4.79 Å². The molecule has 2 N–H and O–H groups in total. The normalized spacial score (nSPS) is 9.89. The highest BCUT2D eigenvalue weighted by atomic mass is 32.1. The molecule has 0 unspecified atom stereocenters. The maximum Gasteiger partial charge on any atom is 0.341 e. The second kappa shape index (κ2) is 5.91. The summed E-state index contributed by atoms with van der Waals surface area (Å²) >= 11 is 0.966. The maximum atomic E-state index is 11.8. The van der Waals surface area contributed by atoms with Gasteiger partial charge in [-0.05, 0) is 23.7 Å². The van der Waals surface area contributed by atoms with Gasteiger partial charge in [-0.2, -0.15) is 0 Å². The minimum atomic E-state index is -1.09. The van der Waals surface area contributed by atoms with Crippen molar-refractivity contribution < 1.29 is 19.4 Å². The second-order valence-electron chi connectivity index (χ2n) is 3.41. The first-order chi connectivity index (χ1) is 9.16. The summed E-state index contributed by atoms with van der Waals surface area (Å²) in [6, 6.07) is 6.57. The first-order valence-corrected chi connectivity index (χ1v) is 5.96. The molecule has 1 aromatic heterocycles. The van der Waals surface area contributed by atoms with Crippen LogP contribution < -0.4 is 10.1 Å². The number of hydrogen-bond acceptors (Lipinski definition) is 6. The molecule has 0 atom stereocenters. The van der Waals surface area contributed by atoms with Crippen LogP contribution in [0.15, 0.2) is 30.5 Å². The van der Waals surface area contributed by atoms with Gasteiger partial charge in [-0.3, -0.25) is 4.79 Å². The average Bonchev–Trinajstić information content (AvgIpc) is 2.91. The first-order valence-electron chi connectivity index (χ1n) is 5.19. The Morgan fingerprint density at radius 2 is 2.16 bits per heavy atom. The molecule has 0 saturated carbocycles. The minimum Gasteiger partial charge on any atom is -0.480 e. The van der Waals surface area contributed by atoms with Crippen LogP contribution in [0.25, 0.3) is 0 Å². The van der Waals surface area contributed by atoms with Gasteiger partial charge in [0.2, 0.25) is 0 Å². The molecule has 1 aromatic carbocycles. The van der Waals surface area contributed by atoms with Crippen molar-refractivity contribution in [2.75, 3.05) is 11.9 Å². The molecular weight excluding hydrogens is 270 g/mol. The summed E-state index contributed by atoms with van der Waals surface area (Å²) in [6.07, 6.45) is 1.35. The summed E-state index contributed by atoms with van der Waals surface area (Å²) in [5.74, 6) is -1.18. The van der Waals surface area contributed by atoms with Gasteiger partial charge in [0.05, 0.1) is 11.9 Å². The lowest BCUT2D eigenvalue weighted by Crippen LogP contribution is -2.14. The Bertz CT molecular complexity index is 585. The molecule has 8 heteroatoms. The van der Waals surface area contributed by atoms with Crippen LogP contribution in [0.2, 0.25) is 0 Å². The maximum absolute atomic E-state index is 11.8. The van der Waals surface area contributed by atoms with Gasteiger partial charge < -0.3 is 15.2 Å². The second-order valence-corrected chi connectivity index (χ2v) is 4.20. The van der Waals surface area contributed by atoms with Crippen LogP contribution in [0.4, 0.5) is 5.69 Å². The van der Waals surface area contributed by atoms with Crippen molar-refractivity contribution in [2.45, 2.75) is 0 Å². The van der Waals surface area contributed by atoms with E-state index in [-0.39, 0.29) is 11.7 Å². The highest BCUT2D eigenvalue weighted by Gasteiger charge is 2.12. The molecule has 2 rings (SSSR count). The smallest absolute Gasteiger partial charge is 0.341 e. The van der Waals surface area contributed by atoms with Gasteiger partial charge >= 0.3 is 5.97 Å². The molecule has 7 nitrogen and oxygen atoms in total. The molecule has 0 aliphatic rings. The Morgan fingerprint density at radius 1 is 1.37 bits per heavy atom. The zero-order chi connectivity index (χ0) is 13.7. The Hall–Kier alpha value is -2.48. The average molecular weight is 279 g/mol. The van der Waals surface area contributed by atoms with Crippen LogP contribution in [-0.4, -0.2) is 33.2 Å². The highest BCUT2D eigenvalue weighted by molar-refractivity contribution is 7.07. The predicted molar refractivity (Wildman–Crippen MR) is 67.4 cm³/mol. The molecule has 19 heavy (non-hydrogen) atoms. The number of nitrogens with zero attached hydrogens (tertiary/aromatic N) is 2. The van der Waals surface area contributed by atoms with Crippen molar-refractivity contribution >= 4 is 29.1 Å². The molecule has 0 radical (unpaired) electrons. The van der Waals surface area contributed by atoms with E-state index >= 15 is 0 Å². The van der Waals surface area contributed by atoms with E-state index in [9.17, 15) is 9.59 Å². The molecule has 98 valence electrons. The van der Waals surface area contributed by atoms with E-state index in [1.165, 1.54) is 6.20 Å². The molecule has 1 amide bonds. The summed E-state index contributed by atoms with van der Waals surface area (Å²) in [5, 5.41) is 14.7. The largest absolute Gasteiger partial charge is 0.480 e. The van der Waals surface area contributed by atoms with Crippen molar-refractivity contribution in [1.29, 1.82) is 0 Å². The van der Waals surface area contributed by atoms with Crippen molar-refractivity contribution in [3.05, 3.63) is 35.3 Å². The molecule has 0 fully saturated rings. The molecule has 2 aromatic rings. The monoisotopic (exact) mass is 279 g/mol. The number of hydrogen-bond donors (Lipinski definition) is 2. The Balaban J connectivity index is 2.11. The molecule has 0 spiro atoms. The summed E-state index contributed by atoms with van der Waals surface area (Å²) in [6.45, 7) is -0.477. The lowest BCUT2D eigenvalue weighted by Gasteiger charge is -2.10. The number of aliphatic carboxylic acids is 1. The SMILES string of the molecule is O=C(O)COc1ccccc1NC(=O)c1cnns1. The molecule has 0 aliphatic carbocycles. The number of amides is 1. The van der Waals surface area contributed by atoms with E-state index in [2.05, 4.69) is 14.9 Å². The fourth-order valence-corrected chi connectivity index (χ4v) is 1.70. The summed E-state index contributed by atoms with van der Waals surface area (Å²) in [4.78, 5) is 22.6. The number of carbonyl (C=O) groups excluding carboxylic acids is 1. The van der Waals surface area contributed by atoms with Gasteiger partial charge in [0.1, 0.15) is 10.6 Å². The lowest BCUT2D eigenvalue weighted by atomic mass is 10.3. The third-order valence-electron chi connectivity index (χ3n) is 2.07. The van der Waals surface area contributed by atoms with Crippen molar-refractivity contribution in [3.8, 4) is 5.75 Å². The number of anilines is 1. The fourth-order valence-electron chi connectivity index (χ4n) is 1.29. The van der Waals surface area contributed by atoms with E-state index in [1.54, 1.807) is 24.3 Å². The summed E-state index contributed by atoms with van der Waals surface area (Å²) < 4.78 is 8.66. The van der Waals surface area contributed by atoms with E-state index in [4.69, 9.17) is 9.84 Å². The number of carboxylic acids is 1. The number of ether oxygens (including phenoxy) is 1. The van der Waals surface area contributed by atoms with Gasteiger partial charge in [0.15, 0.2) is 6.61 Å². The number of benzene rings is 1. The molecule has 0 saturated heterocycles. The van der Waals surface area contributed by atoms with E-state index in [1.807, 2.05) is 0 Å². The topological polar surface area (TPSA) is 101 Å². The minimum absolute atomic E-state index is 0.288. The quantitative estimate of drug-likeness (QED) is 0.854. The lowest BCUT2D eigenvalue weighted by molar-refractivity contribution is -0.139. The van der Waals surface area contributed by atoms with Crippen LogP contribution in [0.3, 0.4) is 0 Å². The van der Waals surface area contributed by atoms with Crippen molar-refractivity contribution in [1.82, 2.24) is 9.59 Å². The Labute approximate surface area is 112 Å². The van der Waals surface area contributed by atoms with Gasteiger partial charge in [0, 0.05) is 0 Å². The molecular formula is C11H9N3O4S. The Morgan fingerprint density at radius 3 is 2.84 bits per heavy atom. The van der Waals surface area contributed by atoms with Gasteiger partial charge in [0.25, 0.3) is 5.91 Å². The summed E-state index contributed by atoms with van der Waals surface area (Å²) in [7, 11) is 0. The molecule has 0 bridgehead atoms. The summed E-state index contributed by atoms with van der Waals surface area (Å²) in [5.41, 5.74) is 0.391. The zero-order valence-corrected chi connectivity index (χ0v) is 10.4. The van der Waals surface area contributed by atoms with Crippen LogP contribution in [0.5, 0.6) is 5.75 Å². The third kappa shape index (κ3) is 3.49. The van der Waals surface area contributed by atoms with E-state index < -0.39 is 12.6 Å². The Kier molecular flexibility index (Phi) is 4.04. The number of carbonyl (C=O) groups is 2. The zero-order valence-electron chi connectivity index (χ0n) is 9.57. The molecule has 0 aliphatic heterocycles. The number of para-hydroxylation sites is 2.